The Kier molecular flexibility index (Phi) is 4.91. The number of halogens is 4. The van der Waals surface area contributed by atoms with Crippen LogP contribution in [0.5, 0.6) is 0 Å². The Morgan fingerprint density at radius 2 is 1.80 bits per heavy atom. The maximum Gasteiger partial charge on any atom is 0.434 e. The SMILES string of the molecule is CC1(O)CCN(c2nc(-c3cnc(N)nc3C(F)(F)F)cc(N3CC(F)C3)n2)CC1. The van der Waals surface area contributed by atoms with Crippen LogP contribution < -0.4 is 15.5 Å². The number of hydrogen-bond acceptors (Lipinski definition) is 8. The molecule has 0 unspecified atom stereocenters. The fraction of sp³-hybridized carbons (Fsp3) is 0.556. The van der Waals surface area contributed by atoms with Gasteiger partial charge in [-0.2, -0.15) is 18.2 Å². The normalized spacial score (nSPS) is 19.7. The van der Waals surface area contributed by atoms with Crippen LogP contribution in [-0.2, 0) is 6.18 Å². The molecule has 0 aliphatic carbocycles. The van der Waals surface area contributed by atoms with E-state index in [1.54, 1.807) is 16.7 Å². The van der Waals surface area contributed by atoms with E-state index in [2.05, 4.69) is 19.9 Å². The predicted molar refractivity (Wildman–Crippen MR) is 102 cm³/mol. The van der Waals surface area contributed by atoms with Gasteiger partial charge in [0.05, 0.1) is 24.4 Å². The van der Waals surface area contributed by atoms with Crippen LogP contribution in [-0.4, -0.2) is 63.0 Å². The summed E-state index contributed by atoms with van der Waals surface area (Å²) in [7, 11) is 0. The molecule has 2 aromatic heterocycles. The van der Waals surface area contributed by atoms with Crippen molar-refractivity contribution in [2.75, 3.05) is 41.7 Å². The highest BCUT2D eigenvalue weighted by Gasteiger charge is 2.38. The van der Waals surface area contributed by atoms with Crippen molar-refractivity contribution < 1.29 is 22.7 Å². The van der Waals surface area contributed by atoms with E-state index in [1.807, 2.05) is 0 Å². The summed E-state index contributed by atoms with van der Waals surface area (Å²) in [5.74, 6) is 0.0401. The van der Waals surface area contributed by atoms with Crippen molar-refractivity contribution >= 4 is 17.7 Å². The molecule has 2 fully saturated rings. The predicted octanol–water partition coefficient (Wildman–Crippen LogP) is 2.04. The lowest BCUT2D eigenvalue weighted by molar-refractivity contribution is -0.140. The Balaban J connectivity index is 1.78. The number of piperidine rings is 1. The number of nitrogens with zero attached hydrogens (tertiary/aromatic N) is 6. The van der Waals surface area contributed by atoms with E-state index >= 15 is 0 Å². The van der Waals surface area contributed by atoms with Gasteiger partial charge in [0.1, 0.15) is 12.0 Å². The lowest BCUT2D eigenvalue weighted by Gasteiger charge is -2.38. The van der Waals surface area contributed by atoms with Gasteiger partial charge >= 0.3 is 6.18 Å². The second-order valence-electron chi connectivity index (χ2n) is 7.89. The van der Waals surface area contributed by atoms with Gasteiger partial charge in [-0.1, -0.05) is 0 Å². The number of aliphatic hydroxyl groups is 1. The molecule has 30 heavy (non-hydrogen) atoms. The molecule has 0 saturated carbocycles. The lowest BCUT2D eigenvalue weighted by Crippen LogP contribution is -2.49. The van der Waals surface area contributed by atoms with Gasteiger partial charge in [0.25, 0.3) is 0 Å². The molecule has 4 heterocycles. The summed E-state index contributed by atoms with van der Waals surface area (Å²) in [6.45, 7) is 2.82. The Morgan fingerprint density at radius 3 is 2.40 bits per heavy atom. The molecule has 162 valence electrons. The maximum atomic E-state index is 13.6. The zero-order valence-corrected chi connectivity index (χ0v) is 16.2. The maximum absolute atomic E-state index is 13.6. The van der Waals surface area contributed by atoms with Crippen molar-refractivity contribution in [3.05, 3.63) is 18.0 Å². The third-order valence-corrected chi connectivity index (χ3v) is 5.34. The molecule has 8 nitrogen and oxygen atoms in total. The Morgan fingerprint density at radius 1 is 1.13 bits per heavy atom. The van der Waals surface area contributed by atoms with Crippen molar-refractivity contribution in [2.24, 2.45) is 0 Å². The summed E-state index contributed by atoms with van der Waals surface area (Å²) in [6, 6.07) is 1.37. The second-order valence-corrected chi connectivity index (χ2v) is 7.89. The van der Waals surface area contributed by atoms with Crippen molar-refractivity contribution in [2.45, 2.75) is 37.7 Å². The number of rotatable bonds is 3. The van der Waals surface area contributed by atoms with Gasteiger partial charge in [-0.3, -0.25) is 0 Å². The van der Waals surface area contributed by atoms with Crippen LogP contribution in [0.15, 0.2) is 12.3 Å². The zero-order valence-electron chi connectivity index (χ0n) is 16.2. The third-order valence-electron chi connectivity index (χ3n) is 5.34. The Bertz CT molecular complexity index is 937. The van der Waals surface area contributed by atoms with Gasteiger partial charge in [0.2, 0.25) is 11.9 Å². The number of alkyl halides is 4. The number of anilines is 3. The third kappa shape index (κ3) is 4.09. The highest BCUT2D eigenvalue weighted by molar-refractivity contribution is 5.68. The second kappa shape index (κ2) is 7.18. The summed E-state index contributed by atoms with van der Waals surface area (Å²) in [5.41, 5.74) is 2.99. The zero-order chi connectivity index (χ0) is 21.7. The van der Waals surface area contributed by atoms with Crippen molar-refractivity contribution in [3.8, 4) is 11.3 Å². The van der Waals surface area contributed by atoms with Crippen LogP contribution in [0.25, 0.3) is 11.3 Å². The molecule has 2 aromatic rings. The molecule has 0 atom stereocenters. The van der Waals surface area contributed by atoms with Gasteiger partial charge in [-0.05, 0) is 19.8 Å². The molecule has 3 N–H and O–H groups in total. The van der Waals surface area contributed by atoms with Crippen LogP contribution >= 0.6 is 0 Å². The quantitative estimate of drug-likeness (QED) is 0.718. The van der Waals surface area contributed by atoms with Crippen LogP contribution in [0.4, 0.5) is 35.3 Å². The van der Waals surface area contributed by atoms with E-state index in [1.165, 1.54) is 6.07 Å². The van der Waals surface area contributed by atoms with E-state index in [-0.39, 0.29) is 30.3 Å². The molecule has 2 saturated heterocycles. The molecule has 0 amide bonds. The van der Waals surface area contributed by atoms with Crippen LogP contribution in [0.1, 0.15) is 25.5 Å². The van der Waals surface area contributed by atoms with Crippen LogP contribution in [0, 0.1) is 0 Å². The number of hydrogen-bond donors (Lipinski definition) is 2. The molecule has 0 spiro atoms. The fourth-order valence-corrected chi connectivity index (χ4v) is 3.46. The first-order valence-electron chi connectivity index (χ1n) is 9.47. The monoisotopic (exact) mass is 427 g/mol. The molecule has 12 heteroatoms. The highest BCUT2D eigenvalue weighted by Crippen LogP contribution is 2.37. The summed E-state index contributed by atoms with van der Waals surface area (Å²) in [6.07, 6.45) is -3.86. The first-order valence-corrected chi connectivity index (χ1v) is 9.47. The van der Waals surface area contributed by atoms with Gasteiger partial charge in [-0.25, -0.2) is 19.3 Å². The molecule has 0 aromatic carbocycles. The van der Waals surface area contributed by atoms with E-state index in [0.717, 1.165) is 6.20 Å². The minimum absolute atomic E-state index is 0.0260. The summed E-state index contributed by atoms with van der Waals surface area (Å²) < 4.78 is 54.0. The van der Waals surface area contributed by atoms with Gasteiger partial charge < -0.3 is 20.6 Å². The number of aromatic nitrogens is 4. The van der Waals surface area contributed by atoms with Gasteiger partial charge in [0.15, 0.2) is 5.69 Å². The largest absolute Gasteiger partial charge is 0.434 e. The summed E-state index contributed by atoms with van der Waals surface area (Å²) in [5, 5.41) is 10.2. The first kappa shape index (κ1) is 20.5. The molecular weight excluding hydrogens is 406 g/mol. The smallest absolute Gasteiger partial charge is 0.390 e. The topological polar surface area (TPSA) is 104 Å². The van der Waals surface area contributed by atoms with Crippen molar-refractivity contribution in [1.82, 2.24) is 19.9 Å². The summed E-state index contributed by atoms with van der Waals surface area (Å²) >= 11 is 0. The summed E-state index contributed by atoms with van der Waals surface area (Å²) in [4.78, 5) is 19.3. The van der Waals surface area contributed by atoms with E-state index < -0.39 is 29.6 Å². The molecular formula is C18H21F4N7O. The lowest BCUT2D eigenvalue weighted by atomic mass is 9.94. The molecule has 0 bridgehead atoms. The van der Waals surface area contributed by atoms with Crippen LogP contribution in [0.3, 0.4) is 0 Å². The number of nitrogen functional groups attached to an aromatic ring is 1. The van der Waals surface area contributed by atoms with Crippen LogP contribution in [0.2, 0.25) is 0 Å². The molecule has 0 radical (unpaired) electrons. The van der Waals surface area contributed by atoms with Crippen molar-refractivity contribution in [3.63, 3.8) is 0 Å². The molecule has 2 aliphatic rings. The Hall–Kier alpha value is -2.76. The highest BCUT2D eigenvalue weighted by atomic mass is 19.4. The Labute approximate surface area is 169 Å². The van der Waals surface area contributed by atoms with Crippen molar-refractivity contribution in [1.29, 1.82) is 0 Å². The molecule has 2 aliphatic heterocycles. The minimum atomic E-state index is -4.76. The van der Waals surface area contributed by atoms with E-state index in [0.29, 0.717) is 31.7 Å². The van der Waals surface area contributed by atoms with Gasteiger partial charge in [-0.15, -0.1) is 0 Å². The average molecular weight is 427 g/mol. The van der Waals surface area contributed by atoms with E-state index in [4.69, 9.17) is 5.73 Å². The average Bonchev–Trinajstić information content (AvgIpc) is 2.64. The first-order chi connectivity index (χ1) is 14.0. The number of nitrogens with two attached hydrogens (primary N) is 1. The standard InChI is InChI=1S/C18H21F4N7O/c1-17(30)2-4-28(5-3-17)16-25-12(6-13(26-16)29-8-10(19)9-29)11-7-24-15(23)27-14(11)18(20,21)22/h6-7,10,30H,2-5,8-9H2,1H3,(H2,23,24,27). The van der Waals surface area contributed by atoms with Gasteiger partial charge in [0, 0.05) is 30.9 Å². The minimum Gasteiger partial charge on any atom is -0.390 e. The van der Waals surface area contributed by atoms with E-state index in [9.17, 15) is 22.7 Å². The molecule has 4 rings (SSSR count). The fourth-order valence-electron chi connectivity index (χ4n) is 3.46.